The molecule has 0 aliphatic rings. The first-order valence-corrected chi connectivity index (χ1v) is 32.1. The molecule has 361 valence electrons. The number of aromatic nitrogens is 5. The van der Waals surface area contributed by atoms with Crippen molar-refractivity contribution >= 4 is 83.2 Å². The van der Waals surface area contributed by atoms with Crippen LogP contribution in [0.15, 0.2) is 138 Å². The molecular formula is C63H63GeIrN5O-2. The van der Waals surface area contributed by atoms with E-state index in [1.807, 2.05) is 19.1 Å². The van der Waals surface area contributed by atoms with Gasteiger partial charge in [0.15, 0.2) is 0 Å². The van der Waals surface area contributed by atoms with Crippen LogP contribution in [0.4, 0.5) is 0 Å². The van der Waals surface area contributed by atoms with Crippen molar-refractivity contribution in [3.8, 4) is 28.3 Å². The van der Waals surface area contributed by atoms with Crippen LogP contribution in [0.25, 0.3) is 93.9 Å². The summed E-state index contributed by atoms with van der Waals surface area (Å²) in [5.74, 6) is 8.44. The van der Waals surface area contributed by atoms with Gasteiger partial charge in [-0.05, 0) is 76.4 Å². The second kappa shape index (κ2) is 18.9. The number of hydrogen-bond donors (Lipinski definition) is 0. The Labute approximate surface area is 435 Å². The number of pyridine rings is 3. The molecule has 0 fully saturated rings. The topological polar surface area (TPSA) is 69.6 Å². The van der Waals surface area contributed by atoms with E-state index in [0.717, 1.165) is 78.0 Å². The van der Waals surface area contributed by atoms with E-state index >= 15 is 0 Å². The predicted octanol–water partition coefficient (Wildman–Crippen LogP) is 16.6. The Morgan fingerprint density at radius 3 is 1.96 bits per heavy atom. The maximum Gasteiger partial charge on any atom is 0.216 e. The van der Waals surface area contributed by atoms with E-state index in [0.29, 0.717) is 5.71 Å². The Bertz CT molecular complexity index is 3790. The van der Waals surface area contributed by atoms with E-state index in [1.54, 1.807) is 0 Å². The van der Waals surface area contributed by atoms with Crippen LogP contribution in [-0.4, -0.2) is 37.8 Å². The number of nitrogens with zero attached hydrogens (tertiary/aromatic N) is 5. The van der Waals surface area contributed by atoms with Crippen LogP contribution in [0.1, 0.15) is 96.7 Å². The number of imidazole rings is 1. The molecular weight excluding hydrogens is 1110 g/mol. The third-order valence-electron chi connectivity index (χ3n) is 14.2. The molecule has 0 bridgehead atoms. The first-order chi connectivity index (χ1) is 33.3. The Morgan fingerprint density at radius 2 is 1.30 bits per heavy atom. The van der Waals surface area contributed by atoms with Gasteiger partial charge in [0.25, 0.3) is 0 Å². The Kier molecular flexibility index (Phi) is 13.3. The molecule has 8 heteroatoms. The fourth-order valence-electron chi connectivity index (χ4n) is 9.80. The monoisotopic (exact) mass is 1170 g/mol. The van der Waals surface area contributed by atoms with Gasteiger partial charge in [-0.1, -0.05) is 101 Å². The molecule has 0 N–H and O–H groups in total. The van der Waals surface area contributed by atoms with Crippen LogP contribution >= 0.6 is 0 Å². The summed E-state index contributed by atoms with van der Waals surface area (Å²) < 4.78 is 10.6. The van der Waals surface area contributed by atoms with Crippen LogP contribution in [0.2, 0.25) is 17.3 Å². The maximum absolute atomic E-state index is 6.76. The quantitative estimate of drug-likeness (QED) is 0.0943. The number of aryl methyl sites for hydroxylation is 1. The molecule has 11 aromatic rings. The normalized spacial score (nSPS) is 12.8. The molecule has 0 amide bonds. The molecule has 5 heterocycles. The Balaban J connectivity index is 0.000000251. The van der Waals surface area contributed by atoms with Gasteiger partial charge in [0.05, 0.1) is 33.6 Å². The van der Waals surface area contributed by atoms with Crippen molar-refractivity contribution in [2.75, 3.05) is 0 Å². The minimum atomic E-state index is -1.76. The summed E-state index contributed by atoms with van der Waals surface area (Å²) in [5.41, 5.74) is 13.1. The van der Waals surface area contributed by atoms with Gasteiger partial charge in [0.1, 0.15) is 0 Å². The van der Waals surface area contributed by atoms with E-state index in [4.69, 9.17) is 19.4 Å². The number of fused-ring (bicyclic) bond motifs is 9. The van der Waals surface area contributed by atoms with Crippen molar-refractivity contribution < 1.29 is 24.5 Å². The molecule has 11 rings (SSSR count). The van der Waals surface area contributed by atoms with Gasteiger partial charge in [-0.3, -0.25) is 9.97 Å². The predicted molar refractivity (Wildman–Crippen MR) is 298 cm³/mol. The van der Waals surface area contributed by atoms with Gasteiger partial charge in [-0.2, -0.15) is 0 Å². The molecule has 5 aromatic heterocycles. The zero-order valence-electron chi connectivity index (χ0n) is 43.3. The number of benzene rings is 6. The van der Waals surface area contributed by atoms with Gasteiger partial charge in [-0.15, -0.1) is 18.2 Å². The summed E-state index contributed by atoms with van der Waals surface area (Å²) in [7, 11) is 0. The summed E-state index contributed by atoms with van der Waals surface area (Å²) in [6.45, 7) is 22.3. The van der Waals surface area contributed by atoms with Crippen LogP contribution in [0.5, 0.6) is 0 Å². The fraction of sp³-hybridized carbons (Fsp3) is 0.270. The smallest absolute Gasteiger partial charge is 0.216 e. The molecule has 1 unspecified atom stereocenters. The van der Waals surface area contributed by atoms with Gasteiger partial charge >= 0.3 is 126 Å². The second-order valence-electron chi connectivity index (χ2n) is 22.5. The van der Waals surface area contributed by atoms with Crippen molar-refractivity contribution in [3.63, 3.8) is 0 Å². The second-order valence-corrected chi connectivity index (χ2v) is 33.2. The van der Waals surface area contributed by atoms with Gasteiger partial charge in [-0.25, -0.2) is 4.98 Å². The molecule has 1 atom stereocenters. The van der Waals surface area contributed by atoms with Crippen molar-refractivity contribution in [2.45, 2.75) is 104 Å². The molecule has 0 aliphatic carbocycles. The molecule has 0 saturated carbocycles. The molecule has 0 saturated heterocycles. The molecule has 71 heavy (non-hydrogen) atoms. The fourth-order valence-corrected chi connectivity index (χ4v) is 12.0. The van der Waals surface area contributed by atoms with Crippen molar-refractivity contribution in [1.29, 1.82) is 0 Å². The van der Waals surface area contributed by atoms with Crippen LogP contribution < -0.4 is 4.40 Å². The first-order valence-electron chi connectivity index (χ1n) is 24.7. The van der Waals surface area contributed by atoms with E-state index < -0.39 is 13.3 Å². The first kappa shape index (κ1) is 50.0. The molecule has 6 aromatic carbocycles. The zero-order chi connectivity index (χ0) is 49.4. The minimum Gasteiger partial charge on any atom is -0.486 e. The van der Waals surface area contributed by atoms with Crippen LogP contribution in [0.3, 0.4) is 0 Å². The number of hydrogen-bond acceptors (Lipinski definition) is 5. The standard InChI is InChI=1S/C45H39N4O.C18H24GeN.Ir/c1-25(2)39-30-15-10-8-13-28(30)29-14-9-11-16-31(29)41(39)49-40-34-20-19-26(3)46-37(34)23-24-38(40)47-43(49)35-18-12-17-32-33-21-22-36(27(4)45(5,6)7)48-44(33)50-42(32)35;1-18(2,3)15-9-7-8-14(12-15)17-11-10-16(13-20-17)19(4,5)6;/h8-17,19-25,27H,1-7H3;7,9-13H,1-6H3;/q2*-1;. The third kappa shape index (κ3) is 9.26. The average Bonchev–Trinajstić information content (AvgIpc) is 3.91. The summed E-state index contributed by atoms with van der Waals surface area (Å²) in [6.07, 6.45) is 2.06. The average molecular weight is 1170 g/mol. The van der Waals surface area contributed by atoms with Crippen LogP contribution in [0, 0.1) is 24.5 Å². The van der Waals surface area contributed by atoms with E-state index in [9.17, 15) is 0 Å². The van der Waals surface area contributed by atoms with Gasteiger partial charge < -0.3 is 8.98 Å². The SMILES string of the molecule is CC(C)(C)c1cc[c-]c(-c2cc[c]([Ge]([CH3])([CH3])[CH3])cn2)c1.Cc1ccc2c(ccc3nc(-c4[c-]ccc5c4oc4nc(C(C)C(C)(C)C)ccc45)n(-c4c(C(C)C)c5ccccc5c5ccccc45)c32)n1.[Ir]. The summed E-state index contributed by atoms with van der Waals surface area (Å²) >= 11 is -1.76. The summed E-state index contributed by atoms with van der Waals surface area (Å²) in [6, 6.07) is 52.0. The maximum atomic E-state index is 6.76. The molecule has 0 spiro atoms. The summed E-state index contributed by atoms with van der Waals surface area (Å²) in [4.78, 5) is 20.1. The zero-order valence-corrected chi connectivity index (χ0v) is 47.8. The minimum absolute atomic E-state index is 0. The third-order valence-corrected chi connectivity index (χ3v) is 18.5. The van der Waals surface area contributed by atoms with Crippen molar-refractivity contribution in [3.05, 3.63) is 168 Å². The number of rotatable bonds is 6. The Hall–Kier alpha value is -5.99. The van der Waals surface area contributed by atoms with E-state index in [1.165, 1.54) is 37.1 Å². The molecule has 1 radical (unpaired) electrons. The molecule has 6 nitrogen and oxygen atoms in total. The van der Waals surface area contributed by atoms with Crippen molar-refractivity contribution in [1.82, 2.24) is 24.5 Å². The van der Waals surface area contributed by atoms with Gasteiger partial charge in [0.2, 0.25) is 5.71 Å². The molecule has 0 aliphatic heterocycles. The van der Waals surface area contributed by atoms with E-state index in [-0.39, 0.29) is 42.8 Å². The summed E-state index contributed by atoms with van der Waals surface area (Å²) in [5, 5.41) is 7.93. The van der Waals surface area contributed by atoms with Crippen LogP contribution in [-0.2, 0) is 25.5 Å². The van der Waals surface area contributed by atoms with Crippen molar-refractivity contribution in [2.24, 2.45) is 5.41 Å². The van der Waals surface area contributed by atoms with Gasteiger partial charge in [0, 0.05) is 53.6 Å². The van der Waals surface area contributed by atoms with E-state index in [2.05, 4.69) is 223 Å². The Morgan fingerprint density at radius 1 is 0.634 bits per heavy atom. The largest absolute Gasteiger partial charge is 0.486 e. The number of furan rings is 1.